The summed E-state index contributed by atoms with van der Waals surface area (Å²) in [5, 5.41) is 5.05. The summed E-state index contributed by atoms with van der Waals surface area (Å²) in [4.78, 5) is 23.4. The molecule has 154 valence electrons. The van der Waals surface area contributed by atoms with Crippen LogP contribution in [0.15, 0.2) is 72.8 Å². The van der Waals surface area contributed by atoms with Gasteiger partial charge in [-0.1, -0.05) is 18.2 Å². The highest BCUT2D eigenvalue weighted by Gasteiger charge is 2.30. The van der Waals surface area contributed by atoms with Gasteiger partial charge in [-0.05, 0) is 54.6 Å². The number of ether oxygens (including phenoxy) is 1. The Morgan fingerprint density at radius 3 is 2.07 bits per heavy atom. The van der Waals surface area contributed by atoms with Gasteiger partial charge in [-0.15, -0.1) is 0 Å². The van der Waals surface area contributed by atoms with Crippen LogP contribution in [0.5, 0.6) is 11.5 Å². The van der Waals surface area contributed by atoms with E-state index in [0.717, 1.165) is 12.1 Å². The molecule has 9 heteroatoms. The van der Waals surface area contributed by atoms with Crippen molar-refractivity contribution in [3.63, 3.8) is 0 Å². The highest BCUT2D eigenvalue weighted by molar-refractivity contribution is 6.04. The number of nitrogens with one attached hydrogen (secondary N) is 2. The fourth-order valence-electron chi connectivity index (χ4n) is 2.59. The number of hydrogen-bond donors (Lipinski definition) is 3. The third kappa shape index (κ3) is 5.51. The smallest absolute Gasteiger partial charge is 0.416 e. The molecule has 0 spiro atoms. The molecule has 4 N–H and O–H groups in total. The van der Waals surface area contributed by atoms with Crippen molar-refractivity contribution in [1.29, 1.82) is 0 Å². The van der Waals surface area contributed by atoms with Crippen molar-refractivity contribution in [3.05, 3.63) is 83.9 Å². The van der Waals surface area contributed by atoms with E-state index in [4.69, 9.17) is 10.5 Å². The van der Waals surface area contributed by atoms with Crippen molar-refractivity contribution < 1.29 is 27.5 Å². The van der Waals surface area contributed by atoms with Gasteiger partial charge in [-0.25, -0.2) is 4.79 Å². The molecule has 0 aliphatic heterocycles. The van der Waals surface area contributed by atoms with Gasteiger partial charge < -0.3 is 21.1 Å². The van der Waals surface area contributed by atoms with E-state index in [2.05, 4.69) is 10.6 Å². The lowest BCUT2D eigenvalue weighted by atomic mass is 10.2. The number of nitrogens with two attached hydrogens (primary N) is 1. The molecule has 0 radical (unpaired) electrons. The average Bonchev–Trinajstić information content (AvgIpc) is 2.67. The van der Waals surface area contributed by atoms with Crippen LogP contribution < -0.4 is 21.1 Å². The van der Waals surface area contributed by atoms with Crippen LogP contribution in [0.4, 0.5) is 29.3 Å². The maximum Gasteiger partial charge on any atom is 0.416 e. The lowest BCUT2D eigenvalue weighted by Crippen LogP contribution is -2.19. The molecular formula is C21H16F3N3O3. The Balaban J connectivity index is 1.74. The Bertz CT molecular complexity index is 1080. The minimum Gasteiger partial charge on any atom is -0.457 e. The number of carbonyl (C=O) groups excluding carboxylic acids is 2. The van der Waals surface area contributed by atoms with Crippen molar-refractivity contribution >= 4 is 23.3 Å². The van der Waals surface area contributed by atoms with Crippen LogP contribution in [0.2, 0.25) is 0 Å². The molecule has 0 fully saturated rings. The monoisotopic (exact) mass is 415 g/mol. The zero-order chi connectivity index (χ0) is 21.7. The Morgan fingerprint density at radius 2 is 1.40 bits per heavy atom. The summed E-state index contributed by atoms with van der Waals surface area (Å²) in [6.45, 7) is 0. The van der Waals surface area contributed by atoms with Gasteiger partial charge >= 0.3 is 12.2 Å². The van der Waals surface area contributed by atoms with Gasteiger partial charge in [0.1, 0.15) is 11.5 Å². The summed E-state index contributed by atoms with van der Waals surface area (Å²) in [5.41, 5.74) is 5.28. The third-order valence-electron chi connectivity index (χ3n) is 3.88. The first-order valence-corrected chi connectivity index (χ1v) is 8.64. The molecule has 0 aliphatic carbocycles. The lowest BCUT2D eigenvalue weighted by Gasteiger charge is -2.11. The number of amides is 3. The van der Waals surface area contributed by atoms with Crippen LogP contribution in [-0.2, 0) is 6.18 Å². The van der Waals surface area contributed by atoms with E-state index in [-0.39, 0.29) is 17.1 Å². The van der Waals surface area contributed by atoms with Gasteiger partial charge in [0.05, 0.1) is 5.56 Å². The Morgan fingerprint density at radius 1 is 0.800 bits per heavy atom. The molecule has 3 aromatic carbocycles. The second kappa shape index (κ2) is 8.56. The quantitative estimate of drug-likeness (QED) is 0.532. The maximum atomic E-state index is 12.8. The molecule has 3 rings (SSSR count). The second-order valence-electron chi connectivity index (χ2n) is 6.18. The predicted octanol–water partition coefficient (Wildman–Crippen LogP) is 5.24. The maximum absolute atomic E-state index is 12.8. The summed E-state index contributed by atoms with van der Waals surface area (Å²) in [6.07, 6.45) is -4.49. The molecule has 0 aromatic heterocycles. The van der Waals surface area contributed by atoms with Crippen LogP contribution in [0.25, 0.3) is 0 Å². The summed E-state index contributed by atoms with van der Waals surface area (Å²) >= 11 is 0. The molecule has 0 bridgehead atoms. The zero-order valence-corrected chi connectivity index (χ0v) is 15.4. The molecule has 6 nitrogen and oxygen atoms in total. The van der Waals surface area contributed by atoms with Gasteiger partial charge in [0.15, 0.2) is 0 Å². The van der Waals surface area contributed by atoms with Crippen LogP contribution >= 0.6 is 0 Å². The number of primary amides is 1. The highest BCUT2D eigenvalue weighted by atomic mass is 19.4. The Labute approximate surface area is 169 Å². The van der Waals surface area contributed by atoms with E-state index < -0.39 is 23.7 Å². The van der Waals surface area contributed by atoms with E-state index >= 15 is 0 Å². The molecule has 0 saturated heterocycles. The van der Waals surface area contributed by atoms with Crippen molar-refractivity contribution in [2.75, 3.05) is 10.6 Å². The van der Waals surface area contributed by atoms with E-state index in [9.17, 15) is 22.8 Å². The molecule has 3 amide bonds. The third-order valence-corrected chi connectivity index (χ3v) is 3.88. The Hall–Kier alpha value is -4.01. The number of hydrogen-bond acceptors (Lipinski definition) is 3. The largest absolute Gasteiger partial charge is 0.457 e. The number of halogens is 3. The first-order chi connectivity index (χ1) is 14.2. The van der Waals surface area contributed by atoms with Crippen LogP contribution in [0.1, 0.15) is 15.9 Å². The topological polar surface area (TPSA) is 93.5 Å². The molecular weight excluding hydrogens is 399 g/mol. The Kier molecular flexibility index (Phi) is 5.91. The van der Waals surface area contributed by atoms with Crippen LogP contribution in [-0.4, -0.2) is 11.9 Å². The van der Waals surface area contributed by atoms with Crippen molar-refractivity contribution in [2.24, 2.45) is 5.73 Å². The molecule has 0 saturated carbocycles. The van der Waals surface area contributed by atoms with Crippen LogP contribution in [0, 0.1) is 0 Å². The first-order valence-electron chi connectivity index (χ1n) is 8.64. The standard InChI is InChI=1S/C21H16F3N3O3/c22-21(23,24)14-5-2-9-18(11-14)30-17-8-1-4-13(10-17)19(28)26-15-6-3-7-16(12-15)27-20(25)29/h1-12H,(H,26,28)(H3,25,27,29). The first kappa shape index (κ1) is 20.7. The minimum atomic E-state index is -4.49. The molecule has 30 heavy (non-hydrogen) atoms. The van der Waals surface area contributed by atoms with Crippen molar-refractivity contribution in [1.82, 2.24) is 0 Å². The summed E-state index contributed by atoms with van der Waals surface area (Å²) in [7, 11) is 0. The SMILES string of the molecule is NC(=O)Nc1cccc(NC(=O)c2cccc(Oc3cccc(C(F)(F)F)c3)c2)c1. The number of carbonyl (C=O) groups is 2. The van der Waals surface area contributed by atoms with Crippen molar-refractivity contribution in [2.45, 2.75) is 6.18 Å². The van der Waals surface area contributed by atoms with Gasteiger partial charge in [0, 0.05) is 16.9 Å². The molecule has 0 heterocycles. The van der Waals surface area contributed by atoms with E-state index in [1.165, 1.54) is 36.4 Å². The van der Waals surface area contributed by atoms with E-state index in [1.807, 2.05) is 0 Å². The van der Waals surface area contributed by atoms with Crippen LogP contribution in [0.3, 0.4) is 0 Å². The number of benzene rings is 3. The second-order valence-corrected chi connectivity index (χ2v) is 6.18. The number of urea groups is 1. The molecule has 3 aromatic rings. The molecule has 0 aliphatic rings. The number of rotatable bonds is 5. The summed E-state index contributed by atoms with van der Waals surface area (Å²) in [5.74, 6) is -0.278. The number of alkyl halides is 3. The van der Waals surface area contributed by atoms with Gasteiger partial charge in [-0.3, -0.25) is 4.79 Å². The molecule has 0 unspecified atom stereocenters. The lowest BCUT2D eigenvalue weighted by molar-refractivity contribution is -0.137. The summed E-state index contributed by atoms with van der Waals surface area (Å²) < 4.78 is 44.0. The number of anilines is 2. The normalized spacial score (nSPS) is 10.9. The fraction of sp³-hybridized carbons (Fsp3) is 0.0476. The average molecular weight is 415 g/mol. The predicted molar refractivity (Wildman–Crippen MR) is 106 cm³/mol. The highest BCUT2D eigenvalue weighted by Crippen LogP contribution is 2.32. The zero-order valence-electron chi connectivity index (χ0n) is 15.4. The van der Waals surface area contributed by atoms with Gasteiger partial charge in [0.25, 0.3) is 5.91 Å². The van der Waals surface area contributed by atoms with Crippen molar-refractivity contribution in [3.8, 4) is 11.5 Å². The van der Waals surface area contributed by atoms with Gasteiger partial charge in [-0.2, -0.15) is 13.2 Å². The fourth-order valence-corrected chi connectivity index (χ4v) is 2.59. The minimum absolute atomic E-state index is 0.00684. The van der Waals surface area contributed by atoms with Gasteiger partial charge in [0.2, 0.25) is 0 Å². The molecule has 0 atom stereocenters. The van der Waals surface area contributed by atoms with E-state index in [0.29, 0.717) is 11.4 Å². The summed E-state index contributed by atoms with van der Waals surface area (Å²) in [6, 6.07) is 16.1. The van der Waals surface area contributed by atoms with E-state index in [1.54, 1.807) is 24.3 Å².